The lowest BCUT2D eigenvalue weighted by atomic mass is 9.99. The number of unbranched alkanes of at least 4 members (excludes halogenated alkanes) is 20. The Morgan fingerprint density at radius 2 is 1.01 bits per heavy atom. The lowest BCUT2D eigenvalue weighted by Gasteiger charge is -2.41. The second-order valence-corrected chi connectivity index (χ2v) is 19.3. The van der Waals surface area contributed by atoms with Gasteiger partial charge in [-0.1, -0.05) is 209 Å². The van der Waals surface area contributed by atoms with E-state index in [-0.39, 0.29) is 19.4 Å². The first-order chi connectivity index (χ1) is 34.7. The molecule has 0 bridgehead atoms. The standard InChI is InChI=1S/C60H103NO10/c1-4-7-10-13-16-19-22-25-26-27-28-30-33-36-39-42-45-48-55(65)71-58-57(67)56(66)54(49-62)70-60(58)69-50-51(52(63)46-43-40-37-34-32-29-23-20-17-14-11-8-5-2)61-59(68)53(64)47-44-41-38-35-31-24-21-18-15-12-9-6-3/h7,10,16,19,25-26,28,30-31,35-36,39,43,46,51-54,56-58,60,62-64,66-67H,4-6,8-9,11-15,17-18,20-24,27,29,32-34,37-38,40-42,44-45,47-50H2,1-3H3,(H,61,68)/b10-7-,19-16-,26-25-,30-28-,35-31-,39-36-,46-43+. The zero-order chi connectivity index (χ0) is 51.8. The van der Waals surface area contributed by atoms with Crippen LogP contribution in [-0.2, 0) is 23.8 Å². The molecule has 1 amide bonds. The van der Waals surface area contributed by atoms with Crippen molar-refractivity contribution in [1.82, 2.24) is 5.32 Å². The first-order valence-corrected chi connectivity index (χ1v) is 28.4. The topological polar surface area (TPSA) is 175 Å². The first kappa shape index (κ1) is 65.9. The maximum atomic E-state index is 13.3. The number of hydrogen-bond acceptors (Lipinski definition) is 10. The monoisotopic (exact) mass is 998 g/mol. The van der Waals surface area contributed by atoms with Gasteiger partial charge in [0, 0.05) is 6.42 Å². The third-order valence-corrected chi connectivity index (χ3v) is 12.8. The van der Waals surface area contributed by atoms with E-state index >= 15 is 0 Å². The van der Waals surface area contributed by atoms with Crippen molar-refractivity contribution in [1.29, 1.82) is 0 Å². The summed E-state index contributed by atoms with van der Waals surface area (Å²) in [5.74, 6) is -1.28. The van der Waals surface area contributed by atoms with Crippen molar-refractivity contribution in [3.8, 4) is 0 Å². The molecule has 0 aromatic rings. The number of nitrogens with one attached hydrogen (secondary N) is 1. The molecular formula is C60H103NO10. The predicted octanol–water partition coefficient (Wildman–Crippen LogP) is 12.6. The molecule has 1 heterocycles. The van der Waals surface area contributed by atoms with Crippen molar-refractivity contribution in [2.24, 2.45) is 0 Å². The summed E-state index contributed by atoms with van der Waals surface area (Å²) in [6.45, 7) is 5.60. The van der Waals surface area contributed by atoms with Crippen LogP contribution in [0.5, 0.6) is 0 Å². The molecule has 1 rings (SSSR count). The van der Waals surface area contributed by atoms with Crippen LogP contribution in [0, 0.1) is 0 Å². The Balaban J connectivity index is 2.80. The molecule has 0 radical (unpaired) electrons. The molecule has 0 saturated carbocycles. The highest BCUT2D eigenvalue weighted by Gasteiger charge is 2.47. The third kappa shape index (κ3) is 36.4. The highest BCUT2D eigenvalue weighted by atomic mass is 16.7. The molecule has 0 aliphatic carbocycles. The summed E-state index contributed by atoms with van der Waals surface area (Å²) >= 11 is 0. The van der Waals surface area contributed by atoms with E-state index in [1.807, 2.05) is 18.2 Å². The molecule has 71 heavy (non-hydrogen) atoms. The van der Waals surface area contributed by atoms with Crippen LogP contribution in [0.25, 0.3) is 0 Å². The lowest BCUT2D eigenvalue weighted by Crippen LogP contribution is -2.61. The minimum Gasteiger partial charge on any atom is -0.454 e. The van der Waals surface area contributed by atoms with Crippen molar-refractivity contribution in [2.45, 2.75) is 269 Å². The first-order valence-electron chi connectivity index (χ1n) is 28.4. The summed E-state index contributed by atoms with van der Waals surface area (Å²) < 4.78 is 17.5. The van der Waals surface area contributed by atoms with Crippen LogP contribution in [0.3, 0.4) is 0 Å². The van der Waals surface area contributed by atoms with Gasteiger partial charge in [-0.15, -0.1) is 0 Å². The van der Waals surface area contributed by atoms with Gasteiger partial charge in [0.05, 0.1) is 25.4 Å². The number of ether oxygens (including phenoxy) is 3. The van der Waals surface area contributed by atoms with E-state index < -0.39 is 67.4 Å². The van der Waals surface area contributed by atoms with Crippen LogP contribution < -0.4 is 5.32 Å². The predicted molar refractivity (Wildman–Crippen MR) is 292 cm³/mol. The van der Waals surface area contributed by atoms with Gasteiger partial charge in [-0.2, -0.15) is 0 Å². The summed E-state index contributed by atoms with van der Waals surface area (Å²) in [6.07, 6.45) is 50.6. The van der Waals surface area contributed by atoms with Crippen LogP contribution in [0.2, 0.25) is 0 Å². The zero-order valence-electron chi connectivity index (χ0n) is 44.8. The van der Waals surface area contributed by atoms with Gasteiger partial charge in [0.15, 0.2) is 12.4 Å². The largest absolute Gasteiger partial charge is 0.454 e. The smallest absolute Gasteiger partial charge is 0.306 e. The normalized spacial score (nSPS) is 20.3. The summed E-state index contributed by atoms with van der Waals surface area (Å²) in [5, 5.41) is 56.7. The van der Waals surface area contributed by atoms with Crippen molar-refractivity contribution in [3.05, 3.63) is 85.1 Å². The maximum Gasteiger partial charge on any atom is 0.306 e. The Labute approximate surface area is 432 Å². The van der Waals surface area contributed by atoms with Gasteiger partial charge in [0.1, 0.15) is 24.4 Å². The summed E-state index contributed by atoms with van der Waals surface area (Å²) in [7, 11) is 0. The number of carbonyl (C=O) groups excluding carboxylic acids is 2. The summed E-state index contributed by atoms with van der Waals surface area (Å²) in [4.78, 5) is 26.4. The van der Waals surface area contributed by atoms with E-state index in [1.165, 1.54) is 89.9 Å². The van der Waals surface area contributed by atoms with Crippen molar-refractivity contribution < 1.29 is 49.3 Å². The minimum atomic E-state index is -1.64. The molecule has 0 aromatic heterocycles. The average molecular weight is 998 g/mol. The van der Waals surface area contributed by atoms with Crippen LogP contribution in [-0.4, -0.2) is 99.6 Å². The molecule has 11 heteroatoms. The van der Waals surface area contributed by atoms with Crippen LogP contribution in [0.1, 0.15) is 220 Å². The van der Waals surface area contributed by atoms with E-state index in [2.05, 4.69) is 86.8 Å². The number of aliphatic hydroxyl groups is 5. The molecule has 8 unspecified atom stereocenters. The molecule has 1 aliphatic heterocycles. The highest BCUT2D eigenvalue weighted by molar-refractivity contribution is 5.80. The number of carbonyl (C=O) groups is 2. The molecule has 11 nitrogen and oxygen atoms in total. The van der Waals surface area contributed by atoms with Gasteiger partial charge < -0.3 is 45.1 Å². The third-order valence-electron chi connectivity index (χ3n) is 12.8. The number of rotatable bonds is 46. The van der Waals surface area contributed by atoms with Gasteiger partial charge in [-0.05, 0) is 89.9 Å². The number of aliphatic hydroxyl groups excluding tert-OH is 5. The van der Waals surface area contributed by atoms with Crippen molar-refractivity contribution in [2.75, 3.05) is 13.2 Å². The van der Waals surface area contributed by atoms with Crippen LogP contribution in [0.15, 0.2) is 85.1 Å². The van der Waals surface area contributed by atoms with Crippen LogP contribution >= 0.6 is 0 Å². The minimum absolute atomic E-state index is 0.0401. The Kier molecular flexibility index (Phi) is 44.4. The lowest BCUT2D eigenvalue weighted by molar-refractivity contribution is -0.305. The Hall–Kier alpha value is -3.16. The molecule has 8 atom stereocenters. The molecule has 1 saturated heterocycles. The van der Waals surface area contributed by atoms with E-state index in [1.54, 1.807) is 6.08 Å². The van der Waals surface area contributed by atoms with E-state index in [4.69, 9.17) is 14.2 Å². The molecule has 6 N–H and O–H groups in total. The number of esters is 1. The Morgan fingerprint density at radius 1 is 0.563 bits per heavy atom. The van der Waals surface area contributed by atoms with Gasteiger partial charge in [-0.25, -0.2) is 0 Å². The van der Waals surface area contributed by atoms with Gasteiger partial charge in [0.25, 0.3) is 0 Å². The van der Waals surface area contributed by atoms with E-state index in [0.717, 1.165) is 77.0 Å². The fourth-order valence-corrected chi connectivity index (χ4v) is 8.27. The molecular weight excluding hydrogens is 895 g/mol. The Morgan fingerprint density at radius 3 is 1.54 bits per heavy atom. The quantitative estimate of drug-likeness (QED) is 0.0196. The number of allylic oxidation sites excluding steroid dienone is 13. The summed E-state index contributed by atoms with van der Waals surface area (Å²) in [6, 6.07) is -1.05. The fourth-order valence-electron chi connectivity index (χ4n) is 8.27. The molecule has 0 aromatic carbocycles. The van der Waals surface area contributed by atoms with Crippen molar-refractivity contribution in [3.63, 3.8) is 0 Å². The van der Waals surface area contributed by atoms with Gasteiger partial charge in [0.2, 0.25) is 5.91 Å². The zero-order valence-corrected chi connectivity index (χ0v) is 44.8. The van der Waals surface area contributed by atoms with Gasteiger partial charge >= 0.3 is 5.97 Å². The maximum absolute atomic E-state index is 13.3. The second kappa shape index (κ2) is 47.8. The number of hydrogen-bond donors (Lipinski definition) is 6. The Bertz CT molecular complexity index is 1470. The fraction of sp³-hybridized carbons (Fsp3) is 0.733. The average Bonchev–Trinajstić information content (AvgIpc) is 3.37. The van der Waals surface area contributed by atoms with Crippen molar-refractivity contribution >= 4 is 11.9 Å². The SMILES string of the molecule is CC/C=C\C/C=C\C/C=C\C/C=C\C/C=C\CCCC(=O)OC1C(OCC(NC(=O)C(O)CCCC/C=C\CCCCCCCC)C(O)/C=C/CCCCCCCCCCCCC)OC(CO)C(O)C1O. The van der Waals surface area contributed by atoms with E-state index in [0.29, 0.717) is 19.3 Å². The molecule has 1 aliphatic rings. The summed E-state index contributed by atoms with van der Waals surface area (Å²) in [5.41, 5.74) is 0. The highest BCUT2D eigenvalue weighted by Crippen LogP contribution is 2.26. The number of amides is 1. The molecule has 408 valence electrons. The molecule has 1 fully saturated rings. The van der Waals surface area contributed by atoms with Gasteiger partial charge in [-0.3, -0.25) is 9.59 Å². The molecule has 0 spiro atoms. The second-order valence-electron chi connectivity index (χ2n) is 19.3. The van der Waals surface area contributed by atoms with E-state index in [9.17, 15) is 35.1 Å². The van der Waals surface area contributed by atoms with Crippen LogP contribution in [0.4, 0.5) is 0 Å².